The predicted molar refractivity (Wildman–Crippen MR) is 107 cm³/mol. The van der Waals surface area contributed by atoms with Gasteiger partial charge in [0.25, 0.3) is 0 Å². The molecule has 1 aromatic heterocycles. The van der Waals surface area contributed by atoms with Crippen molar-refractivity contribution in [2.75, 3.05) is 14.2 Å². The molecular weight excluding hydrogens is 338 g/mol. The maximum Gasteiger partial charge on any atom is 0.193 e. The van der Waals surface area contributed by atoms with E-state index in [1.807, 2.05) is 42.5 Å². The van der Waals surface area contributed by atoms with Gasteiger partial charge in [-0.1, -0.05) is 36.4 Å². The van der Waals surface area contributed by atoms with Gasteiger partial charge in [0, 0.05) is 33.8 Å². The van der Waals surface area contributed by atoms with Crippen molar-refractivity contribution >= 4 is 16.7 Å². The number of rotatable bonds is 5. The Hall–Kier alpha value is -3.53. The van der Waals surface area contributed by atoms with Gasteiger partial charge in [-0.25, -0.2) is 0 Å². The molecule has 4 nitrogen and oxygen atoms in total. The van der Waals surface area contributed by atoms with Gasteiger partial charge in [-0.15, -0.1) is 0 Å². The minimum absolute atomic E-state index is 0.0786. The van der Waals surface area contributed by atoms with Crippen LogP contribution in [0.4, 0.5) is 0 Å². The number of hydrogen-bond donors (Lipinski definition) is 1. The van der Waals surface area contributed by atoms with Crippen LogP contribution in [0.2, 0.25) is 0 Å². The Morgan fingerprint density at radius 1 is 0.778 bits per heavy atom. The van der Waals surface area contributed by atoms with Gasteiger partial charge in [-0.3, -0.25) is 4.79 Å². The van der Waals surface area contributed by atoms with Crippen LogP contribution in [0.15, 0.2) is 72.8 Å². The number of hydrogen-bond acceptors (Lipinski definition) is 3. The molecule has 4 heteroatoms. The topological polar surface area (TPSA) is 51.3 Å². The second-order valence-corrected chi connectivity index (χ2v) is 6.28. The van der Waals surface area contributed by atoms with Crippen molar-refractivity contribution in [1.29, 1.82) is 0 Å². The van der Waals surface area contributed by atoms with Gasteiger partial charge in [0.15, 0.2) is 5.78 Å². The lowest BCUT2D eigenvalue weighted by Crippen LogP contribution is -2.02. The van der Waals surface area contributed by atoms with Gasteiger partial charge in [-0.2, -0.15) is 0 Å². The highest BCUT2D eigenvalue weighted by atomic mass is 16.5. The maximum absolute atomic E-state index is 13.0. The normalized spacial score (nSPS) is 10.7. The van der Waals surface area contributed by atoms with E-state index in [-0.39, 0.29) is 5.78 Å². The molecule has 0 amide bonds. The number of aromatic nitrogens is 1. The summed E-state index contributed by atoms with van der Waals surface area (Å²) in [6.07, 6.45) is 0. The molecule has 0 radical (unpaired) electrons. The van der Waals surface area contributed by atoms with Crippen LogP contribution in [0.3, 0.4) is 0 Å². The fraction of sp³-hybridized carbons (Fsp3) is 0.0870. The fourth-order valence-electron chi connectivity index (χ4n) is 3.16. The third-order valence-corrected chi connectivity index (χ3v) is 4.58. The van der Waals surface area contributed by atoms with Crippen LogP contribution in [-0.4, -0.2) is 25.0 Å². The van der Waals surface area contributed by atoms with Gasteiger partial charge >= 0.3 is 0 Å². The summed E-state index contributed by atoms with van der Waals surface area (Å²) in [7, 11) is 3.14. The highest BCUT2D eigenvalue weighted by Crippen LogP contribution is 2.27. The van der Waals surface area contributed by atoms with Gasteiger partial charge in [0.1, 0.15) is 11.5 Å². The molecule has 0 aliphatic rings. The number of benzene rings is 3. The van der Waals surface area contributed by atoms with Gasteiger partial charge in [0.2, 0.25) is 0 Å². The van der Waals surface area contributed by atoms with E-state index in [0.717, 1.165) is 22.2 Å². The van der Waals surface area contributed by atoms with E-state index in [4.69, 9.17) is 9.47 Å². The Labute approximate surface area is 157 Å². The molecule has 134 valence electrons. The lowest BCUT2D eigenvalue weighted by Gasteiger charge is -2.08. The van der Waals surface area contributed by atoms with Crippen LogP contribution in [0, 0.1) is 0 Å². The summed E-state index contributed by atoms with van der Waals surface area (Å²) < 4.78 is 10.5. The molecule has 0 spiro atoms. The average Bonchev–Trinajstić information content (AvgIpc) is 3.17. The molecule has 0 aliphatic heterocycles. The zero-order valence-corrected chi connectivity index (χ0v) is 15.2. The summed E-state index contributed by atoms with van der Waals surface area (Å²) in [5.74, 6) is 1.10. The van der Waals surface area contributed by atoms with Crippen molar-refractivity contribution < 1.29 is 14.3 Å². The summed E-state index contributed by atoms with van der Waals surface area (Å²) in [6, 6.07) is 23.0. The average molecular weight is 357 g/mol. The largest absolute Gasteiger partial charge is 0.497 e. The van der Waals surface area contributed by atoms with E-state index < -0.39 is 0 Å². The molecule has 1 heterocycles. The number of nitrogens with one attached hydrogen (secondary N) is 1. The highest BCUT2D eigenvalue weighted by Gasteiger charge is 2.14. The molecule has 0 bridgehead atoms. The van der Waals surface area contributed by atoms with E-state index in [0.29, 0.717) is 22.6 Å². The number of H-pyrrole nitrogens is 1. The third-order valence-electron chi connectivity index (χ3n) is 4.58. The zero-order chi connectivity index (χ0) is 18.8. The SMILES string of the molecule is COc1cc(OC)cc(C(=O)c2cccc(-c3cc4ccccc4[nH]3)c2)c1. The van der Waals surface area contributed by atoms with E-state index in [2.05, 4.69) is 17.1 Å². The Bertz CT molecular complexity index is 1070. The zero-order valence-electron chi connectivity index (χ0n) is 15.2. The molecule has 0 unspecified atom stereocenters. The van der Waals surface area contributed by atoms with Crippen LogP contribution in [0.25, 0.3) is 22.2 Å². The fourth-order valence-corrected chi connectivity index (χ4v) is 3.16. The Kier molecular flexibility index (Phi) is 4.38. The third kappa shape index (κ3) is 3.29. The summed E-state index contributed by atoms with van der Waals surface area (Å²) in [6.45, 7) is 0. The molecule has 0 fully saturated rings. The lowest BCUT2D eigenvalue weighted by molar-refractivity contribution is 0.103. The molecule has 27 heavy (non-hydrogen) atoms. The first-order valence-corrected chi connectivity index (χ1v) is 8.64. The smallest absolute Gasteiger partial charge is 0.193 e. The molecule has 0 saturated heterocycles. The maximum atomic E-state index is 13.0. The first-order valence-electron chi connectivity index (χ1n) is 8.64. The number of aromatic amines is 1. The van der Waals surface area contributed by atoms with Crippen LogP contribution in [-0.2, 0) is 0 Å². The van der Waals surface area contributed by atoms with Crippen LogP contribution in [0.5, 0.6) is 11.5 Å². The van der Waals surface area contributed by atoms with Crippen molar-refractivity contribution in [2.45, 2.75) is 0 Å². The Morgan fingerprint density at radius 3 is 2.22 bits per heavy atom. The minimum Gasteiger partial charge on any atom is -0.497 e. The molecule has 0 atom stereocenters. The van der Waals surface area contributed by atoms with Crippen molar-refractivity contribution in [2.24, 2.45) is 0 Å². The van der Waals surface area contributed by atoms with E-state index in [1.54, 1.807) is 32.4 Å². The van der Waals surface area contributed by atoms with Crippen molar-refractivity contribution in [3.8, 4) is 22.8 Å². The summed E-state index contributed by atoms with van der Waals surface area (Å²) in [4.78, 5) is 16.4. The molecule has 0 aliphatic carbocycles. The molecule has 4 rings (SSSR count). The standard InChI is InChI=1S/C23H19NO3/c1-26-19-11-18(12-20(14-19)27-2)23(25)17-8-5-7-15(10-17)22-13-16-6-3-4-9-21(16)24-22/h3-14,24H,1-2H3. The summed E-state index contributed by atoms with van der Waals surface area (Å²) >= 11 is 0. The summed E-state index contributed by atoms with van der Waals surface area (Å²) in [5.41, 5.74) is 4.16. The van der Waals surface area contributed by atoms with Crippen LogP contribution < -0.4 is 9.47 Å². The lowest BCUT2D eigenvalue weighted by atomic mass is 10.00. The number of ketones is 1. The second kappa shape index (κ2) is 7.00. The van der Waals surface area contributed by atoms with Crippen LogP contribution >= 0.6 is 0 Å². The minimum atomic E-state index is -0.0786. The number of para-hydroxylation sites is 1. The van der Waals surface area contributed by atoms with Gasteiger partial charge < -0.3 is 14.5 Å². The van der Waals surface area contributed by atoms with E-state index >= 15 is 0 Å². The quantitative estimate of drug-likeness (QED) is 0.507. The van der Waals surface area contributed by atoms with Crippen molar-refractivity contribution in [3.05, 3.63) is 83.9 Å². The highest BCUT2D eigenvalue weighted by molar-refractivity contribution is 6.10. The first kappa shape index (κ1) is 16.9. The number of ether oxygens (including phenoxy) is 2. The second-order valence-electron chi connectivity index (χ2n) is 6.28. The number of carbonyl (C=O) groups is 1. The van der Waals surface area contributed by atoms with Crippen molar-refractivity contribution in [1.82, 2.24) is 4.98 Å². The Balaban J connectivity index is 1.73. The monoisotopic (exact) mass is 357 g/mol. The molecule has 1 N–H and O–H groups in total. The molecular formula is C23H19NO3. The van der Waals surface area contributed by atoms with Gasteiger partial charge in [-0.05, 0) is 35.9 Å². The number of carbonyl (C=O) groups excluding carboxylic acids is 1. The van der Waals surface area contributed by atoms with E-state index in [1.165, 1.54) is 0 Å². The first-order chi connectivity index (χ1) is 13.2. The van der Waals surface area contributed by atoms with Crippen LogP contribution in [0.1, 0.15) is 15.9 Å². The van der Waals surface area contributed by atoms with E-state index in [9.17, 15) is 4.79 Å². The number of fused-ring (bicyclic) bond motifs is 1. The number of methoxy groups -OCH3 is 2. The van der Waals surface area contributed by atoms with Crippen molar-refractivity contribution in [3.63, 3.8) is 0 Å². The Morgan fingerprint density at radius 2 is 1.52 bits per heavy atom. The molecule has 0 saturated carbocycles. The summed E-state index contributed by atoms with van der Waals surface area (Å²) in [5, 5.41) is 1.14. The van der Waals surface area contributed by atoms with Gasteiger partial charge in [0.05, 0.1) is 14.2 Å². The molecule has 4 aromatic rings. The predicted octanol–water partition coefficient (Wildman–Crippen LogP) is 5.08. The molecule has 3 aromatic carbocycles.